The van der Waals surface area contributed by atoms with Crippen LogP contribution in [-0.4, -0.2) is 17.4 Å². The van der Waals surface area contributed by atoms with Crippen LogP contribution in [0.25, 0.3) is 10.9 Å². The molecule has 30 heavy (non-hydrogen) atoms. The van der Waals surface area contributed by atoms with Crippen molar-refractivity contribution in [1.29, 1.82) is 0 Å². The van der Waals surface area contributed by atoms with Crippen LogP contribution in [0.5, 0.6) is 0 Å². The summed E-state index contributed by atoms with van der Waals surface area (Å²) in [6, 6.07) is 17.3. The highest BCUT2D eigenvalue weighted by atomic mass is 32.2. The molecule has 7 heteroatoms. The summed E-state index contributed by atoms with van der Waals surface area (Å²) in [7, 11) is -3.96. The maximum atomic E-state index is 14.9. The van der Waals surface area contributed by atoms with Gasteiger partial charge in [-0.1, -0.05) is 36.4 Å². The van der Waals surface area contributed by atoms with Crippen LogP contribution in [-0.2, 0) is 26.0 Å². The van der Waals surface area contributed by atoms with E-state index in [1.54, 1.807) is 55.5 Å². The van der Waals surface area contributed by atoms with Crippen LogP contribution < -0.4 is 0 Å². The molecule has 6 rings (SSSR count). The number of pyridine rings is 1. The maximum absolute atomic E-state index is 14.9. The molecule has 4 heterocycles. The van der Waals surface area contributed by atoms with E-state index in [2.05, 4.69) is 4.98 Å². The standard InChI is InChI=1S/C23H17FN2O3S/c1-22-16-12-13-25-21(24)19(16)23(2,29-22)20-18(22)15-10-6-7-11-17(15)26(20)30(27,28)14-8-4-3-5-9-14/h3-13H,1-2H3/t22-,23+/m0/s1. The largest absolute Gasteiger partial charge is 0.348 e. The average Bonchev–Trinajstić information content (AvgIpc) is 3.30. The first-order valence-electron chi connectivity index (χ1n) is 9.61. The number of hydrogen-bond acceptors (Lipinski definition) is 4. The molecular formula is C23H17FN2O3S. The molecule has 0 N–H and O–H groups in total. The minimum absolute atomic E-state index is 0.164. The second kappa shape index (κ2) is 5.36. The average molecular weight is 420 g/mol. The Morgan fingerprint density at radius 2 is 1.63 bits per heavy atom. The molecule has 4 aromatic rings. The van der Waals surface area contributed by atoms with Crippen LogP contribution in [0, 0.1) is 5.95 Å². The second-order valence-electron chi connectivity index (χ2n) is 8.02. The van der Waals surface area contributed by atoms with E-state index in [9.17, 15) is 12.8 Å². The molecule has 2 aliphatic heterocycles. The van der Waals surface area contributed by atoms with Gasteiger partial charge < -0.3 is 4.74 Å². The fraction of sp³-hybridized carbons (Fsp3) is 0.174. The summed E-state index contributed by atoms with van der Waals surface area (Å²) in [5, 5.41) is 0.779. The number of halogens is 1. The molecule has 0 fully saturated rings. The lowest BCUT2D eigenvalue weighted by atomic mass is 9.77. The zero-order valence-electron chi connectivity index (χ0n) is 16.3. The molecular weight excluding hydrogens is 403 g/mol. The smallest absolute Gasteiger partial charge is 0.268 e. The lowest BCUT2D eigenvalue weighted by Gasteiger charge is -2.25. The molecule has 2 bridgehead atoms. The van der Waals surface area contributed by atoms with Gasteiger partial charge in [0.15, 0.2) is 0 Å². The van der Waals surface area contributed by atoms with Crippen molar-refractivity contribution in [3.63, 3.8) is 0 Å². The normalized spacial score (nSPS) is 24.2. The number of hydrogen-bond donors (Lipinski definition) is 0. The monoisotopic (exact) mass is 420 g/mol. The van der Waals surface area contributed by atoms with Gasteiger partial charge in [-0.2, -0.15) is 4.39 Å². The van der Waals surface area contributed by atoms with Crippen LogP contribution in [0.1, 0.15) is 36.2 Å². The number of fused-ring (bicyclic) bond motifs is 10. The summed E-state index contributed by atoms with van der Waals surface area (Å²) < 4.78 is 50.2. The molecule has 5 nitrogen and oxygen atoms in total. The van der Waals surface area contributed by atoms with Crippen LogP contribution in [0.2, 0.25) is 0 Å². The van der Waals surface area contributed by atoms with Crippen molar-refractivity contribution in [2.45, 2.75) is 29.9 Å². The molecule has 0 unspecified atom stereocenters. The molecule has 150 valence electrons. The van der Waals surface area contributed by atoms with Gasteiger partial charge in [0.05, 0.1) is 21.7 Å². The van der Waals surface area contributed by atoms with E-state index in [0.29, 0.717) is 22.3 Å². The molecule has 0 spiro atoms. The zero-order valence-corrected chi connectivity index (χ0v) is 17.1. The third-order valence-electron chi connectivity index (χ3n) is 6.35. The Kier molecular flexibility index (Phi) is 3.18. The first kappa shape index (κ1) is 17.8. The number of ether oxygens (including phenoxy) is 1. The fourth-order valence-electron chi connectivity index (χ4n) is 5.23. The minimum Gasteiger partial charge on any atom is -0.348 e. The number of aromatic nitrogens is 2. The van der Waals surface area contributed by atoms with Gasteiger partial charge in [-0.05, 0) is 38.1 Å². The van der Waals surface area contributed by atoms with E-state index < -0.39 is 27.2 Å². The number of rotatable bonds is 2. The van der Waals surface area contributed by atoms with Crippen molar-refractivity contribution in [1.82, 2.24) is 8.96 Å². The predicted octanol–water partition coefficient (Wildman–Crippen LogP) is 4.28. The lowest BCUT2D eigenvalue weighted by molar-refractivity contribution is -0.0540. The van der Waals surface area contributed by atoms with Crippen LogP contribution in [0.4, 0.5) is 4.39 Å². The summed E-state index contributed by atoms with van der Waals surface area (Å²) >= 11 is 0. The van der Waals surface area contributed by atoms with Gasteiger partial charge in [0.1, 0.15) is 11.2 Å². The molecule has 0 aliphatic carbocycles. The molecule has 0 saturated carbocycles. The molecule has 2 aliphatic rings. The predicted molar refractivity (Wildman–Crippen MR) is 109 cm³/mol. The third kappa shape index (κ3) is 1.85. The Bertz CT molecular complexity index is 1480. The Balaban J connectivity index is 1.80. The van der Waals surface area contributed by atoms with E-state index in [1.807, 2.05) is 19.1 Å². The summed E-state index contributed by atoms with van der Waals surface area (Å²) in [4.78, 5) is 3.98. The topological polar surface area (TPSA) is 61.2 Å². The van der Waals surface area contributed by atoms with Crippen molar-refractivity contribution in [3.8, 4) is 0 Å². The molecule has 0 amide bonds. The van der Waals surface area contributed by atoms with Gasteiger partial charge in [0.2, 0.25) is 5.95 Å². The summed E-state index contributed by atoms with van der Waals surface area (Å²) in [6.45, 7) is 3.60. The Labute approximate surface area is 172 Å². The number of nitrogens with zero attached hydrogens (tertiary/aromatic N) is 2. The Hall–Kier alpha value is -3.03. The van der Waals surface area contributed by atoms with Crippen molar-refractivity contribution in [3.05, 3.63) is 95.2 Å². The molecule has 2 aromatic carbocycles. The second-order valence-corrected chi connectivity index (χ2v) is 9.80. The lowest BCUT2D eigenvalue weighted by Crippen LogP contribution is -2.29. The van der Waals surface area contributed by atoms with Crippen molar-refractivity contribution in [2.24, 2.45) is 0 Å². The van der Waals surface area contributed by atoms with Crippen LogP contribution in [0.3, 0.4) is 0 Å². The molecule has 0 radical (unpaired) electrons. The zero-order chi connectivity index (χ0) is 20.9. The highest BCUT2D eigenvalue weighted by Crippen LogP contribution is 2.63. The van der Waals surface area contributed by atoms with Gasteiger partial charge in [0, 0.05) is 22.7 Å². The Morgan fingerprint density at radius 3 is 2.40 bits per heavy atom. The first-order valence-corrected chi connectivity index (χ1v) is 11.0. The third-order valence-corrected chi connectivity index (χ3v) is 8.07. The van der Waals surface area contributed by atoms with Gasteiger partial charge >= 0.3 is 0 Å². The molecule has 2 atom stereocenters. The number of para-hydroxylation sites is 1. The fourth-order valence-corrected chi connectivity index (χ4v) is 6.86. The SMILES string of the molecule is C[C@]12O[C@](C)(c3c1ccnc3F)c1c2c2ccccc2n1S(=O)(=O)c1ccccc1. The maximum Gasteiger partial charge on any atom is 0.268 e. The molecule has 0 saturated heterocycles. The van der Waals surface area contributed by atoms with Gasteiger partial charge in [-0.3, -0.25) is 0 Å². The van der Waals surface area contributed by atoms with Crippen molar-refractivity contribution in [2.75, 3.05) is 0 Å². The molecule has 2 aromatic heterocycles. The first-order chi connectivity index (χ1) is 14.3. The Morgan fingerprint density at radius 1 is 0.933 bits per heavy atom. The van der Waals surface area contributed by atoms with Gasteiger partial charge in [0.25, 0.3) is 10.0 Å². The summed E-state index contributed by atoms with van der Waals surface area (Å²) in [5.41, 5.74) is 0.483. The summed E-state index contributed by atoms with van der Waals surface area (Å²) in [6.07, 6.45) is 1.42. The van der Waals surface area contributed by atoms with Crippen LogP contribution >= 0.6 is 0 Å². The van der Waals surface area contributed by atoms with Crippen LogP contribution in [0.15, 0.2) is 71.8 Å². The highest BCUT2D eigenvalue weighted by Gasteiger charge is 2.63. The van der Waals surface area contributed by atoms with Gasteiger partial charge in [-0.25, -0.2) is 17.4 Å². The highest BCUT2D eigenvalue weighted by molar-refractivity contribution is 7.90. The van der Waals surface area contributed by atoms with E-state index in [4.69, 9.17) is 4.74 Å². The van der Waals surface area contributed by atoms with E-state index in [0.717, 1.165) is 10.9 Å². The summed E-state index contributed by atoms with van der Waals surface area (Å²) in [5.74, 6) is -0.640. The van der Waals surface area contributed by atoms with E-state index in [-0.39, 0.29) is 4.90 Å². The van der Waals surface area contributed by atoms with Crippen molar-refractivity contribution >= 4 is 20.9 Å². The van der Waals surface area contributed by atoms with Crippen molar-refractivity contribution < 1.29 is 17.5 Å². The number of benzene rings is 2. The minimum atomic E-state index is -3.96. The van der Waals surface area contributed by atoms with E-state index in [1.165, 1.54) is 10.2 Å². The van der Waals surface area contributed by atoms with Gasteiger partial charge in [-0.15, -0.1) is 0 Å². The quantitative estimate of drug-likeness (QED) is 0.454. The van der Waals surface area contributed by atoms with E-state index >= 15 is 0 Å².